The van der Waals surface area contributed by atoms with Crippen molar-refractivity contribution in [2.75, 3.05) is 38.4 Å². The molecule has 0 spiro atoms. The molecule has 0 fully saturated rings. The van der Waals surface area contributed by atoms with Crippen LogP contribution < -0.4 is 16.0 Å². The fourth-order valence-electron chi connectivity index (χ4n) is 1.66. The second-order valence-corrected chi connectivity index (χ2v) is 4.11. The van der Waals surface area contributed by atoms with Crippen molar-refractivity contribution >= 4 is 23.3 Å². The van der Waals surface area contributed by atoms with E-state index in [1.165, 1.54) is 7.11 Å². The molecule has 0 bridgehead atoms. The number of hydrogen-bond donors (Lipinski definition) is 2. The highest BCUT2D eigenvalue weighted by Crippen LogP contribution is 2.23. The monoisotopic (exact) mass is 265 g/mol. The van der Waals surface area contributed by atoms with Crippen LogP contribution in [0.5, 0.6) is 0 Å². The number of nitrogen functional groups attached to an aromatic ring is 1. The van der Waals surface area contributed by atoms with E-state index in [-0.39, 0.29) is 5.91 Å². The van der Waals surface area contributed by atoms with Gasteiger partial charge in [-0.15, -0.1) is 0 Å². The summed E-state index contributed by atoms with van der Waals surface area (Å²) in [5, 5.41) is 2.56. The van der Waals surface area contributed by atoms with Crippen LogP contribution in [0.3, 0.4) is 0 Å². The maximum absolute atomic E-state index is 11.4. The first-order chi connectivity index (χ1) is 8.99. The van der Waals surface area contributed by atoms with Crippen molar-refractivity contribution in [2.24, 2.45) is 0 Å². The Labute approximate surface area is 112 Å². The number of esters is 1. The third kappa shape index (κ3) is 3.87. The lowest BCUT2D eigenvalue weighted by molar-refractivity contribution is -0.120. The largest absolute Gasteiger partial charge is 0.465 e. The van der Waals surface area contributed by atoms with E-state index in [0.29, 0.717) is 24.2 Å². The summed E-state index contributed by atoms with van der Waals surface area (Å²) in [5.41, 5.74) is 7.56. The standard InChI is InChI=1S/C13H19N3O3/c1-15-12(17)6-7-16(2)11-5-4-9(8-10(11)14)13(18)19-3/h4-5,8H,6-7,14H2,1-3H3,(H,15,17). The molecule has 0 heterocycles. The van der Waals surface area contributed by atoms with Gasteiger partial charge in [0.05, 0.1) is 24.0 Å². The molecule has 6 nitrogen and oxygen atoms in total. The van der Waals surface area contributed by atoms with E-state index >= 15 is 0 Å². The number of benzene rings is 1. The summed E-state index contributed by atoms with van der Waals surface area (Å²) in [6.07, 6.45) is 0.380. The number of anilines is 2. The number of amides is 1. The Morgan fingerprint density at radius 1 is 1.42 bits per heavy atom. The van der Waals surface area contributed by atoms with Crippen LogP contribution in [-0.4, -0.2) is 39.6 Å². The second kappa shape index (κ2) is 6.63. The molecule has 3 N–H and O–H groups in total. The van der Waals surface area contributed by atoms with Gasteiger partial charge in [-0.05, 0) is 18.2 Å². The molecule has 6 heteroatoms. The van der Waals surface area contributed by atoms with Gasteiger partial charge in [0.2, 0.25) is 5.91 Å². The molecule has 0 unspecified atom stereocenters. The average molecular weight is 265 g/mol. The number of rotatable bonds is 5. The minimum atomic E-state index is -0.425. The molecule has 0 saturated heterocycles. The van der Waals surface area contributed by atoms with Gasteiger partial charge in [0, 0.05) is 27.1 Å². The molecule has 1 rings (SSSR count). The van der Waals surface area contributed by atoms with Gasteiger partial charge in [-0.1, -0.05) is 0 Å². The third-order valence-corrected chi connectivity index (χ3v) is 2.81. The van der Waals surface area contributed by atoms with Crippen LogP contribution in [0.15, 0.2) is 18.2 Å². The van der Waals surface area contributed by atoms with Gasteiger partial charge >= 0.3 is 5.97 Å². The first kappa shape index (κ1) is 14.8. The molecular weight excluding hydrogens is 246 g/mol. The highest BCUT2D eigenvalue weighted by molar-refractivity contribution is 5.92. The van der Waals surface area contributed by atoms with Gasteiger partial charge in [0.25, 0.3) is 0 Å². The fraction of sp³-hybridized carbons (Fsp3) is 0.385. The van der Waals surface area contributed by atoms with E-state index in [1.54, 1.807) is 25.2 Å². The van der Waals surface area contributed by atoms with E-state index in [1.807, 2.05) is 11.9 Å². The van der Waals surface area contributed by atoms with E-state index < -0.39 is 5.97 Å². The number of ether oxygens (including phenoxy) is 1. The topological polar surface area (TPSA) is 84.7 Å². The van der Waals surface area contributed by atoms with Crippen molar-refractivity contribution in [2.45, 2.75) is 6.42 Å². The summed E-state index contributed by atoms with van der Waals surface area (Å²) in [6, 6.07) is 4.96. The van der Waals surface area contributed by atoms with Crippen LogP contribution >= 0.6 is 0 Å². The van der Waals surface area contributed by atoms with E-state index in [4.69, 9.17) is 5.73 Å². The van der Waals surface area contributed by atoms with Gasteiger partial charge in [-0.2, -0.15) is 0 Å². The zero-order valence-corrected chi connectivity index (χ0v) is 11.4. The summed E-state index contributed by atoms with van der Waals surface area (Å²) in [5.74, 6) is -0.456. The van der Waals surface area contributed by atoms with Gasteiger partial charge < -0.3 is 20.7 Å². The van der Waals surface area contributed by atoms with Crippen LogP contribution in [0.4, 0.5) is 11.4 Å². The Hall–Kier alpha value is -2.24. The van der Waals surface area contributed by atoms with Crippen molar-refractivity contribution in [3.05, 3.63) is 23.8 Å². The van der Waals surface area contributed by atoms with Crippen molar-refractivity contribution in [1.29, 1.82) is 0 Å². The molecule has 19 heavy (non-hydrogen) atoms. The number of nitrogens with two attached hydrogens (primary N) is 1. The second-order valence-electron chi connectivity index (χ2n) is 4.11. The minimum Gasteiger partial charge on any atom is -0.465 e. The van der Waals surface area contributed by atoms with Crippen molar-refractivity contribution in [1.82, 2.24) is 5.32 Å². The maximum atomic E-state index is 11.4. The molecule has 0 saturated carbocycles. The Balaban J connectivity index is 2.78. The van der Waals surface area contributed by atoms with E-state index in [9.17, 15) is 9.59 Å². The zero-order chi connectivity index (χ0) is 14.4. The highest BCUT2D eigenvalue weighted by atomic mass is 16.5. The van der Waals surface area contributed by atoms with Crippen molar-refractivity contribution < 1.29 is 14.3 Å². The summed E-state index contributed by atoms with van der Waals surface area (Å²) in [7, 11) is 4.76. The zero-order valence-electron chi connectivity index (χ0n) is 11.4. The number of hydrogen-bond acceptors (Lipinski definition) is 5. The van der Waals surface area contributed by atoms with Gasteiger partial charge in [0.1, 0.15) is 0 Å². The number of methoxy groups -OCH3 is 1. The summed E-state index contributed by atoms with van der Waals surface area (Å²) >= 11 is 0. The lowest BCUT2D eigenvalue weighted by Crippen LogP contribution is -2.26. The van der Waals surface area contributed by atoms with Crippen LogP contribution in [0.1, 0.15) is 16.8 Å². The van der Waals surface area contributed by atoms with Crippen LogP contribution in [0.25, 0.3) is 0 Å². The maximum Gasteiger partial charge on any atom is 0.337 e. The molecule has 0 radical (unpaired) electrons. The molecule has 0 aliphatic rings. The van der Waals surface area contributed by atoms with Crippen LogP contribution in [-0.2, 0) is 9.53 Å². The van der Waals surface area contributed by atoms with E-state index in [2.05, 4.69) is 10.1 Å². The molecule has 1 amide bonds. The number of nitrogens with zero attached hydrogens (tertiary/aromatic N) is 1. The molecule has 0 aromatic heterocycles. The number of carbonyl (C=O) groups excluding carboxylic acids is 2. The molecular formula is C13H19N3O3. The minimum absolute atomic E-state index is 0.0309. The Morgan fingerprint density at radius 2 is 2.11 bits per heavy atom. The van der Waals surface area contributed by atoms with Gasteiger partial charge in [0.15, 0.2) is 0 Å². The first-order valence-corrected chi connectivity index (χ1v) is 5.89. The average Bonchev–Trinajstić information content (AvgIpc) is 2.43. The lowest BCUT2D eigenvalue weighted by atomic mass is 10.1. The van der Waals surface area contributed by atoms with Gasteiger partial charge in [-0.3, -0.25) is 4.79 Å². The Kier molecular flexibility index (Phi) is 5.17. The quantitative estimate of drug-likeness (QED) is 0.602. The van der Waals surface area contributed by atoms with E-state index in [0.717, 1.165) is 5.69 Å². The lowest BCUT2D eigenvalue weighted by Gasteiger charge is -2.21. The molecule has 0 atom stereocenters. The molecule has 1 aromatic carbocycles. The predicted molar refractivity (Wildman–Crippen MR) is 74.1 cm³/mol. The normalized spacial score (nSPS) is 9.84. The first-order valence-electron chi connectivity index (χ1n) is 5.89. The molecule has 104 valence electrons. The summed E-state index contributed by atoms with van der Waals surface area (Å²) in [4.78, 5) is 24.4. The summed E-state index contributed by atoms with van der Waals surface area (Å²) < 4.78 is 4.62. The Bertz CT molecular complexity index is 474. The van der Waals surface area contributed by atoms with Crippen LogP contribution in [0.2, 0.25) is 0 Å². The number of nitrogens with one attached hydrogen (secondary N) is 1. The fourth-order valence-corrected chi connectivity index (χ4v) is 1.66. The Morgan fingerprint density at radius 3 is 2.63 bits per heavy atom. The molecule has 0 aliphatic heterocycles. The number of carbonyl (C=O) groups is 2. The van der Waals surface area contributed by atoms with Crippen molar-refractivity contribution in [3.63, 3.8) is 0 Å². The SMILES string of the molecule is CNC(=O)CCN(C)c1ccc(C(=O)OC)cc1N. The van der Waals surface area contributed by atoms with Crippen molar-refractivity contribution in [3.8, 4) is 0 Å². The highest BCUT2D eigenvalue weighted by Gasteiger charge is 2.11. The third-order valence-electron chi connectivity index (χ3n) is 2.81. The predicted octanol–water partition coefficient (Wildman–Crippen LogP) is 0.628. The van der Waals surface area contributed by atoms with Gasteiger partial charge in [-0.25, -0.2) is 4.79 Å². The molecule has 1 aromatic rings. The molecule has 0 aliphatic carbocycles. The van der Waals surface area contributed by atoms with Crippen LogP contribution in [0, 0.1) is 0 Å². The summed E-state index contributed by atoms with van der Waals surface area (Å²) in [6.45, 7) is 0.543. The smallest absolute Gasteiger partial charge is 0.337 e.